The predicted octanol–water partition coefficient (Wildman–Crippen LogP) is 2.50. The Kier molecular flexibility index (Phi) is 4.74. The van der Waals surface area contributed by atoms with Gasteiger partial charge in [-0.1, -0.05) is 25.0 Å². The van der Waals surface area contributed by atoms with Gasteiger partial charge in [0, 0.05) is 18.3 Å². The number of nitro groups is 1. The predicted molar refractivity (Wildman–Crippen MR) is 85.7 cm³/mol. The molecule has 1 fully saturated rings. The first-order valence-corrected chi connectivity index (χ1v) is 7.84. The number of para-hydroxylation sites is 2. The van der Waals surface area contributed by atoms with Gasteiger partial charge in [0.1, 0.15) is 5.69 Å². The highest BCUT2D eigenvalue weighted by Gasteiger charge is 2.19. The topological polar surface area (TPSA) is 99.3 Å². The number of benzene rings is 1. The van der Waals surface area contributed by atoms with Gasteiger partial charge in [0.25, 0.3) is 5.91 Å². The lowest BCUT2D eigenvalue weighted by atomic mass is 10.2. The number of hydrogen-bond acceptors (Lipinski definition) is 5. The molecule has 8 nitrogen and oxygen atoms in total. The van der Waals surface area contributed by atoms with E-state index in [2.05, 4.69) is 10.4 Å². The van der Waals surface area contributed by atoms with Crippen LogP contribution in [-0.4, -0.2) is 26.7 Å². The molecule has 0 atom stereocenters. The third-order valence-electron chi connectivity index (χ3n) is 3.98. The summed E-state index contributed by atoms with van der Waals surface area (Å²) < 4.78 is 6.87. The molecule has 1 aromatic heterocycles. The van der Waals surface area contributed by atoms with E-state index in [-0.39, 0.29) is 30.1 Å². The van der Waals surface area contributed by atoms with E-state index < -0.39 is 4.92 Å². The highest BCUT2D eigenvalue weighted by molar-refractivity contribution is 5.92. The van der Waals surface area contributed by atoms with Gasteiger partial charge in [-0.05, 0) is 25.0 Å². The molecule has 0 saturated heterocycles. The molecule has 3 rings (SSSR count). The molecule has 0 aliphatic heterocycles. The number of amides is 1. The summed E-state index contributed by atoms with van der Waals surface area (Å²) in [6, 6.07) is 7.96. The molecule has 8 heteroatoms. The van der Waals surface area contributed by atoms with E-state index in [0.29, 0.717) is 5.69 Å². The number of nitro benzene ring substituents is 1. The smallest absolute Gasteiger partial charge is 0.311 e. The van der Waals surface area contributed by atoms with Gasteiger partial charge < -0.3 is 10.1 Å². The minimum absolute atomic E-state index is 0.0123. The molecule has 1 aromatic carbocycles. The Hall–Kier alpha value is -2.90. The van der Waals surface area contributed by atoms with Crippen LogP contribution in [0.1, 0.15) is 36.2 Å². The Labute approximate surface area is 138 Å². The van der Waals surface area contributed by atoms with Crippen molar-refractivity contribution in [1.29, 1.82) is 0 Å². The zero-order valence-corrected chi connectivity index (χ0v) is 13.1. The minimum atomic E-state index is -0.501. The van der Waals surface area contributed by atoms with E-state index in [4.69, 9.17) is 4.74 Å². The third kappa shape index (κ3) is 3.70. The Bertz CT molecular complexity index is 737. The van der Waals surface area contributed by atoms with Crippen molar-refractivity contribution in [2.24, 2.45) is 0 Å². The van der Waals surface area contributed by atoms with E-state index >= 15 is 0 Å². The van der Waals surface area contributed by atoms with Gasteiger partial charge in [-0.25, -0.2) is 4.68 Å². The fourth-order valence-corrected chi connectivity index (χ4v) is 2.75. The molecular formula is C16H18N4O4. The average molecular weight is 330 g/mol. The number of ether oxygens (including phenoxy) is 1. The molecule has 0 spiro atoms. The Morgan fingerprint density at radius 3 is 2.83 bits per heavy atom. The van der Waals surface area contributed by atoms with Crippen LogP contribution in [0.25, 0.3) is 0 Å². The van der Waals surface area contributed by atoms with Crippen LogP contribution in [0.15, 0.2) is 36.5 Å². The van der Waals surface area contributed by atoms with Crippen molar-refractivity contribution in [3.8, 4) is 5.75 Å². The van der Waals surface area contributed by atoms with Gasteiger partial charge >= 0.3 is 5.69 Å². The van der Waals surface area contributed by atoms with Crippen molar-refractivity contribution < 1.29 is 14.5 Å². The maximum Gasteiger partial charge on any atom is 0.311 e. The van der Waals surface area contributed by atoms with Crippen LogP contribution < -0.4 is 10.1 Å². The number of hydrogen-bond donors (Lipinski definition) is 1. The molecule has 24 heavy (non-hydrogen) atoms. The minimum Gasteiger partial charge on any atom is -0.464 e. The summed E-state index contributed by atoms with van der Waals surface area (Å²) in [5, 5.41) is 18.1. The number of aromatic nitrogens is 2. The molecule has 1 amide bonds. The molecule has 0 unspecified atom stereocenters. The highest BCUT2D eigenvalue weighted by atomic mass is 16.6. The van der Waals surface area contributed by atoms with E-state index in [1.54, 1.807) is 24.4 Å². The average Bonchev–Trinajstić information content (AvgIpc) is 3.24. The fraction of sp³-hybridized carbons (Fsp3) is 0.375. The standard InChI is InChI=1S/C16H18N4O4/c21-16(17-12-5-1-2-6-12)13-9-10-19(18-13)11-24-15-8-4-3-7-14(15)20(22)23/h3-4,7-10,12H,1-2,5-6,11H2,(H,17,21). The summed E-state index contributed by atoms with van der Waals surface area (Å²) >= 11 is 0. The van der Waals surface area contributed by atoms with Crippen molar-refractivity contribution >= 4 is 11.6 Å². The second kappa shape index (κ2) is 7.12. The SMILES string of the molecule is O=C(NC1CCCC1)c1ccn(COc2ccccc2[N+](=O)[O-])n1. The second-order valence-electron chi connectivity index (χ2n) is 5.69. The van der Waals surface area contributed by atoms with Gasteiger partial charge in [-0.2, -0.15) is 5.10 Å². The monoisotopic (exact) mass is 330 g/mol. The van der Waals surface area contributed by atoms with Crippen molar-refractivity contribution in [3.05, 3.63) is 52.3 Å². The molecule has 0 bridgehead atoms. The number of nitrogens with one attached hydrogen (secondary N) is 1. The second-order valence-corrected chi connectivity index (χ2v) is 5.69. The maximum atomic E-state index is 12.1. The van der Waals surface area contributed by atoms with Crippen LogP contribution >= 0.6 is 0 Å². The lowest BCUT2D eigenvalue weighted by Crippen LogP contribution is -2.32. The van der Waals surface area contributed by atoms with E-state index in [0.717, 1.165) is 25.7 Å². The normalized spacial score (nSPS) is 14.5. The Morgan fingerprint density at radius 2 is 2.08 bits per heavy atom. The molecule has 1 heterocycles. The summed E-state index contributed by atoms with van der Waals surface area (Å²) in [4.78, 5) is 22.6. The van der Waals surface area contributed by atoms with Crippen LogP contribution in [0.2, 0.25) is 0 Å². The Balaban J connectivity index is 1.60. The van der Waals surface area contributed by atoms with Crippen LogP contribution in [0, 0.1) is 10.1 Å². The molecule has 1 saturated carbocycles. The quantitative estimate of drug-likeness (QED) is 0.648. The third-order valence-corrected chi connectivity index (χ3v) is 3.98. The summed E-state index contributed by atoms with van der Waals surface area (Å²) in [5.74, 6) is -0.0405. The number of carbonyl (C=O) groups excluding carboxylic acids is 1. The van der Waals surface area contributed by atoms with E-state index in [1.165, 1.54) is 16.8 Å². The number of rotatable bonds is 6. The largest absolute Gasteiger partial charge is 0.464 e. The van der Waals surface area contributed by atoms with Crippen molar-refractivity contribution in [2.75, 3.05) is 0 Å². The van der Waals surface area contributed by atoms with Gasteiger partial charge in [0.05, 0.1) is 4.92 Å². The molecule has 126 valence electrons. The Morgan fingerprint density at radius 1 is 1.33 bits per heavy atom. The highest BCUT2D eigenvalue weighted by Crippen LogP contribution is 2.26. The fourth-order valence-electron chi connectivity index (χ4n) is 2.75. The maximum absolute atomic E-state index is 12.1. The van der Waals surface area contributed by atoms with Crippen molar-refractivity contribution in [3.63, 3.8) is 0 Å². The van der Waals surface area contributed by atoms with Crippen molar-refractivity contribution in [1.82, 2.24) is 15.1 Å². The molecule has 2 aromatic rings. The first-order valence-electron chi connectivity index (χ1n) is 7.84. The zero-order valence-electron chi connectivity index (χ0n) is 13.1. The van der Waals surface area contributed by atoms with Gasteiger partial charge in [0.15, 0.2) is 12.5 Å². The molecular weight excluding hydrogens is 312 g/mol. The van der Waals surface area contributed by atoms with Gasteiger partial charge in [0.2, 0.25) is 0 Å². The molecule has 1 aliphatic rings. The van der Waals surface area contributed by atoms with Crippen molar-refractivity contribution in [2.45, 2.75) is 38.5 Å². The van der Waals surface area contributed by atoms with Gasteiger partial charge in [-0.3, -0.25) is 14.9 Å². The van der Waals surface area contributed by atoms with Crippen LogP contribution in [0.4, 0.5) is 5.69 Å². The first-order chi connectivity index (χ1) is 11.6. The van der Waals surface area contributed by atoms with Crippen LogP contribution in [0.5, 0.6) is 5.75 Å². The molecule has 1 aliphatic carbocycles. The first kappa shape index (κ1) is 16.0. The lowest BCUT2D eigenvalue weighted by molar-refractivity contribution is -0.386. The van der Waals surface area contributed by atoms with Gasteiger partial charge in [-0.15, -0.1) is 0 Å². The summed E-state index contributed by atoms with van der Waals surface area (Å²) in [6.45, 7) is -0.0123. The van der Waals surface area contributed by atoms with Crippen LogP contribution in [0.3, 0.4) is 0 Å². The van der Waals surface area contributed by atoms with E-state index in [9.17, 15) is 14.9 Å². The summed E-state index contributed by atoms with van der Waals surface area (Å²) in [6.07, 6.45) is 5.91. The molecule has 1 N–H and O–H groups in total. The number of nitrogens with zero attached hydrogens (tertiary/aromatic N) is 3. The zero-order chi connectivity index (χ0) is 16.9. The summed E-state index contributed by atoms with van der Waals surface area (Å²) in [7, 11) is 0. The lowest BCUT2D eigenvalue weighted by Gasteiger charge is -2.10. The van der Waals surface area contributed by atoms with E-state index in [1.807, 2.05) is 0 Å². The number of carbonyl (C=O) groups is 1. The summed E-state index contributed by atoms with van der Waals surface area (Å²) in [5.41, 5.74) is 0.205. The molecule has 0 radical (unpaired) electrons. The van der Waals surface area contributed by atoms with Crippen LogP contribution in [-0.2, 0) is 6.73 Å².